The van der Waals surface area contributed by atoms with Crippen molar-refractivity contribution in [2.75, 3.05) is 12.4 Å². The van der Waals surface area contributed by atoms with Gasteiger partial charge in [0, 0.05) is 13.1 Å². The van der Waals surface area contributed by atoms with E-state index < -0.39 is 0 Å². The van der Waals surface area contributed by atoms with Crippen molar-refractivity contribution in [3.8, 4) is 10.9 Å². The molecule has 3 aromatic heterocycles. The van der Waals surface area contributed by atoms with E-state index in [2.05, 4.69) is 20.5 Å². The molecule has 3 heterocycles. The molecular formula is C18H18N6O2S. The van der Waals surface area contributed by atoms with Crippen LogP contribution in [0.15, 0.2) is 30.3 Å². The summed E-state index contributed by atoms with van der Waals surface area (Å²) in [6.07, 6.45) is 0. The van der Waals surface area contributed by atoms with Gasteiger partial charge in [-0.3, -0.25) is 9.48 Å². The monoisotopic (exact) mass is 382 g/mol. The number of ether oxygens (including phenoxy) is 1. The third-order valence-electron chi connectivity index (χ3n) is 4.07. The maximum absolute atomic E-state index is 12.7. The van der Waals surface area contributed by atoms with E-state index in [1.54, 1.807) is 29.6 Å². The minimum Gasteiger partial charge on any atom is -0.497 e. The van der Waals surface area contributed by atoms with Crippen molar-refractivity contribution in [2.45, 2.75) is 13.8 Å². The van der Waals surface area contributed by atoms with E-state index >= 15 is 0 Å². The Labute approximate surface area is 159 Å². The van der Waals surface area contributed by atoms with Gasteiger partial charge in [0.05, 0.1) is 28.7 Å². The van der Waals surface area contributed by atoms with Gasteiger partial charge in [-0.25, -0.2) is 4.98 Å². The first-order valence-electron chi connectivity index (χ1n) is 8.28. The van der Waals surface area contributed by atoms with Crippen LogP contribution in [0.4, 0.5) is 5.82 Å². The largest absolute Gasteiger partial charge is 0.497 e. The van der Waals surface area contributed by atoms with Gasteiger partial charge >= 0.3 is 0 Å². The number of aromatic nitrogens is 5. The zero-order valence-electron chi connectivity index (χ0n) is 15.3. The van der Waals surface area contributed by atoms with E-state index in [0.29, 0.717) is 16.6 Å². The van der Waals surface area contributed by atoms with Crippen LogP contribution in [0.3, 0.4) is 0 Å². The number of fused-ring (bicyclic) bond motifs is 1. The van der Waals surface area contributed by atoms with Crippen LogP contribution in [0.1, 0.15) is 21.9 Å². The van der Waals surface area contributed by atoms with Crippen molar-refractivity contribution in [3.63, 3.8) is 0 Å². The fourth-order valence-corrected chi connectivity index (χ4v) is 3.81. The maximum Gasteiger partial charge on any atom is 0.275 e. The third-order valence-corrected chi connectivity index (χ3v) is 5.07. The smallest absolute Gasteiger partial charge is 0.275 e. The SMILES string of the molecule is COc1ccc2nc(-n3nc(C)cc3NC(=O)c3cc(C)nn3C)sc2c1. The number of amides is 1. The minimum atomic E-state index is -0.248. The van der Waals surface area contributed by atoms with Gasteiger partial charge in [-0.05, 0) is 38.1 Å². The van der Waals surface area contributed by atoms with Crippen LogP contribution in [0.25, 0.3) is 15.3 Å². The summed E-state index contributed by atoms with van der Waals surface area (Å²) in [4.78, 5) is 17.3. The van der Waals surface area contributed by atoms with Crippen LogP contribution >= 0.6 is 11.3 Å². The van der Waals surface area contributed by atoms with Crippen LogP contribution in [0.2, 0.25) is 0 Å². The van der Waals surface area contributed by atoms with Crippen molar-refractivity contribution in [1.82, 2.24) is 24.5 Å². The molecule has 0 aliphatic carbocycles. The lowest BCUT2D eigenvalue weighted by molar-refractivity contribution is 0.101. The van der Waals surface area contributed by atoms with Gasteiger partial charge in [-0.2, -0.15) is 14.9 Å². The summed E-state index contributed by atoms with van der Waals surface area (Å²) in [5.74, 6) is 1.08. The molecule has 4 aromatic rings. The van der Waals surface area contributed by atoms with Crippen LogP contribution in [0, 0.1) is 13.8 Å². The first kappa shape index (κ1) is 17.2. The van der Waals surface area contributed by atoms with E-state index in [1.165, 1.54) is 11.3 Å². The van der Waals surface area contributed by atoms with Gasteiger partial charge < -0.3 is 10.1 Å². The molecule has 0 bridgehead atoms. The molecule has 0 radical (unpaired) electrons. The molecule has 8 nitrogen and oxygen atoms in total. The lowest BCUT2D eigenvalue weighted by Crippen LogP contribution is -2.18. The molecule has 138 valence electrons. The number of thiazole rings is 1. The molecule has 1 amide bonds. The van der Waals surface area contributed by atoms with Crippen LogP contribution in [-0.4, -0.2) is 37.6 Å². The number of nitrogens with one attached hydrogen (secondary N) is 1. The summed E-state index contributed by atoms with van der Waals surface area (Å²) in [5.41, 5.74) is 2.89. The molecule has 0 aliphatic heterocycles. The standard InChI is InChI=1S/C18H18N6O2S/c1-10-7-14(23(3)21-10)17(25)20-16-8-11(2)22-24(16)18-19-13-6-5-12(26-4)9-15(13)27-18/h5-9H,1-4H3,(H,20,25). The maximum atomic E-state index is 12.7. The molecule has 0 saturated carbocycles. The Bertz CT molecular complexity index is 1160. The van der Waals surface area contributed by atoms with Crippen LogP contribution < -0.4 is 10.1 Å². The normalized spacial score (nSPS) is 11.1. The molecule has 0 unspecified atom stereocenters. The van der Waals surface area contributed by atoms with Gasteiger partial charge in [-0.1, -0.05) is 11.3 Å². The lowest BCUT2D eigenvalue weighted by atomic mass is 10.3. The summed E-state index contributed by atoms with van der Waals surface area (Å²) in [6.45, 7) is 3.72. The van der Waals surface area contributed by atoms with Crippen LogP contribution in [0.5, 0.6) is 5.75 Å². The predicted octanol–water partition coefficient (Wildman–Crippen LogP) is 3.09. The Morgan fingerprint density at radius 3 is 2.63 bits per heavy atom. The number of rotatable bonds is 4. The highest BCUT2D eigenvalue weighted by molar-refractivity contribution is 7.20. The summed E-state index contributed by atoms with van der Waals surface area (Å²) in [7, 11) is 3.37. The lowest BCUT2D eigenvalue weighted by Gasteiger charge is -2.06. The average Bonchev–Trinajstić information content (AvgIpc) is 3.30. The molecule has 0 saturated heterocycles. The molecular weight excluding hydrogens is 364 g/mol. The molecule has 27 heavy (non-hydrogen) atoms. The highest BCUT2D eigenvalue weighted by atomic mass is 32.1. The number of hydrogen-bond donors (Lipinski definition) is 1. The quantitative estimate of drug-likeness (QED) is 0.586. The number of methoxy groups -OCH3 is 1. The van der Waals surface area contributed by atoms with Crippen molar-refractivity contribution in [1.29, 1.82) is 0 Å². The molecule has 1 aromatic carbocycles. The zero-order chi connectivity index (χ0) is 19.1. The number of nitrogens with zero attached hydrogens (tertiary/aromatic N) is 5. The molecule has 0 fully saturated rings. The number of benzene rings is 1. The summed E-state index contributed by atoms with van der Waals surface area (Å²) in [5, 5.41) is 12.3. The highest BCUT2D eigenvalue weighted by Gasteiger charge is 2.18. The van der Waals surface area contributed by atoms with E-state index in [9.17, 15) is 4.79 Å². The molecule has 1 N–H and O–H groups in total. The summed E-state index contributed by atoms with van der Waals surface area (Å²) in [6, 6.07) is 9.26. The molecule has 0 spiro atoms. The first-order valence-corrected chi connectivity index (χ1v) is 9.10. The third kappa shape index (κ3) is 3.17. The van der Waals surface area contributed by atoms with Crippen molar-refractivity contribution < 1.29 is 9.53 Å². The Hall–Kier alpha value is -3.20. The van der Waals surface area contributed by atoms with Crippen molar-refractivity contribution >= 4 is 33.3 Å². The fraction of sp³-hybridized carbons (Fsp3) is 0.222. The Morgan fingerprint density at radius 2 is 1.93 bits per heavy atom. The number of carbonyl (C=O) groups is 1. The number of hydrogen-bond acceptors (Lipinski definition) is 6. The van der Waals surface area contributed by atoms with Crippen LogP contribution in [-0.2, 0) is 7.05 Å². The Kier molecular flexibility index (Phi) is 4.15. The van der Waals surface area contributed by atoms with Gasteiger partial charge in [0.2, 0.25) is 5.13 Å². The van der Waals surface area contributed by atoms with E-state index in [1.807, 2.05) is 38.1 Å². The first-order chi connectivity index (χ1) is 12.9. The second kappa shape index (κ2) is 6.51. The van der Waals surface area contributed by atoms with E-state index in [4.69, 9.17) is 4.74 Å². The summed E-state index contributed by atoms with van der Waals surface area (Å²) >= 11 is 1.48. The predicted molar refractivity (Wildman–Crippen MR) is 104 cm³/mol. The fourth-order valence-electron chi connectivity index (χ4n) is 2.85. The number of carbonyl (C=O) groups excluding carboxylic acids is 1. The molecule has 0 atom stereocenters. The second-order valence-electron chi connectivity index (χ2n) is 6.16. The average molecular weight is 382 g/mol. The van der Waals surface area contributed by atoms with Gasteiger partial charge in [0.25, 0.3) is 5.91 Å². The molecule has 0 aliphatic rings. The topological polar surface area (TPSA) is 86.9 Å². The van der Waals surface area contributed by atoms with E-state index in [0.717, 1.165) is 27.4 Å². The highest BCUT2D eigenvalue weighted by Crippen LogP contribution is 2.30. The Morgan fingerprint density at radius 1 is 1.15 bits per heavy atom. The van der Waals surface area contributed by atoms with Gasteiger partial charge in [-0.15, -0.1) is 0 Å². The molecule has 4 rings (SSSR count). The number of anilines is 1. The van der Waals surface area contributed by atoms with Crippen molar-refractivity contribution in [2.24, 2.45) is 7.05 Å². The molecule has 9 heteroatoms. The second-order valence-corrected chi connectivity index (χ2v) is 7.17. The van der Waals surface area contributed by atoms with E-state index in [-0.39, 0.29) is 5.91 Å². The Balaban J connectivity index is 1.71. The zero-order valence-corrected chi connectivity index (χ0v) is 16.2. The number of aryl methyl sites for hydroxylation is 3. The van der Waals surface area contributed by atoms with Crippen molar-refractivity contribution in [3.05, 3.63) is 47.4 Å². The summed E-state index contributed by atoms with van der Waals surface area (Å²) < 4.78 is 9.46. The van der Waals surface area contributed by atoms with Gasteiger partial charge in [0.1, 0.15) is 17.3 Å². The minimum absolute atomic E-state index is 0.248. The van der Waals surface area contributed by atoms with Gasteiger partial charge in [0.15, 0.2) is 0 Å².